The van der Waals surface area contributed by atoms with Crippen molar-refractivity contribution < 1.29 is 24.2 Å². The number of fused-ring (bicyclic) bond motifs is 3. The first-order chi connectivity index (χ1) is 16.9. The number of hydrogen-bond acceptors (Lipinski definition) is 4. The van der Waals surface area contributed by atoms with E-state index in [0.29, 0.717) is 23.0 Å². The zero-order valence-electron chi connectivity index (χ0n) is 18.7. The van der Waals surface area contributed by atoms with Gasteiger partial charge in [0.15, 0.2) is 0 Å². The van der Waals surface area contributed by atoms with Crippen LogP contribution in [0, 0.1) is 0 Å². The molecular weight excluding hydrogens is 512 g/mol. The molecule has 0 aliphatic heterocycles. The third-order valence-electron chi connectivity index (χ3n) is 6.78. The summed E-state index contributed by atoms with van der Waals surface area (Å²) in [6, 6.07) is 20.9. The fourth-order valence-electron chi connectivity index (χ4n) is 4.72. The lowest BCUT2D eigenvalue weighted by molar-refractivity contribution is -0.148. The molecule has 2 aliphatic carbocycles. The van der Waals surface area contributed by atoms with Gasteiger partial charge in [-0.3, -0.25) is 10.1 Å². The smallest absolute Gasteiger partial charge is 0.411 e. The molecule has 0 aromatic heterocycles. The molecule has 5 rings (SSSR count). The second kappa shape index (κ2) is 9.19. The van der Waals surface area contributed by atoms with Crippen LogP contribution >= 0.6 is 15.9 Å². The van der Waals surface area contributed by atoms with Crippen molar-refractivity contribution in [2.75, 3.05) is 11.9 Å². The van der Waals surface area contributed by atoms with Gasteiger partial charge in [0.25, 0.3) is 5.91 Å². The molecule has 0 atom stereocenters. The zero-order chi connectivity index (χ0) is 24.6. The van der Waals surface area contributed by atoms with Gasteiger partial charge in [0, 0.05) is 16.0 Å². The number of amides is 2. The van der Waals surface area contributed by atoms with Gasteiger partial charge in [0.05, 0.1) is 5.69 Å². The molecule has 0 radical (unpaired) electrons. The highest BCUT2D eigenvalue weighted by molar-refractivity contribution is 9.10. The van der Waals surface area contributed by atoms with Gasteiger partial charge in [-0.25, -0.2) is 9.59 Å². The van der Waals surface area contributed by atoms with Gasteiger partial charge in [0.1, 0.15) is 12.1 Å². The van der Waals surface area contributed by atoms with Crippen molar-refractivity contribution in [2.24, 2.45) is 0 Å². The number of aliphatic carboxylic acids is 1. The van der Waals surface area contributed by atoms with Crippen molar-refractivity contribution in [1.82, 2.24) is 5.32 Å². The highest BCUT2D eigenvalue weighted by Gasteiger charge is 2.45. The van der Waals surface area contributed by atoms with Crippen LogP contribution in [0.2, 0.25) is 0 Å². The molecule has 1 saturated carbocycles. The molecule has 35 heavy (non-hydrogen) atoms. The predicted molar refractivity (Wildman–Crippen MR) is 135 cm³/mol. The minimum atomic E-state index is -1.22. The Balaban J connectivity index is 1.27. The third kappa shape index (κ3) is 4.30. The molecule has 0 saturated heterocycles. The number of nitrogens with one attached hydrogen (secondary N) is 2. The molecule has 0 bridgehead atoms. The van der Waals surface area contributed by atoms with E-state index >= 15 is 0 Å². The molecule has 3 aromatic rings. The van der Waals surface area contributed by atoms with Crippen LogP contribution in [0.25, 0.3) is 11.1 Å². The van der Waals surface area contributed by atoms with Crippen molar-refractivity contribution in [3.8, 4) is 11.1 Å². The average molecular weight is 535 g/mol. The molecule has 8 heteroatoms. The summed E-state index contributed by atoms with van der Waals surface area (Å²) in [4.78, 5) is 37.0. The summed E-state index contributed by atoms with van der Waals surface area (Å²) in [5.41, 5.74) is 3.90. The Morgan fingerprint density at radius 1 is 0.971 bits per heavy atom. The molecule has 0 heterocycles. The fourth-order valence-corrected chi connectivity index (χ4v) is 5.06. The monoisotopic (exact) mass is 534 g/mol. The molecule has 1 fully saturated rings. The van der Waals surface area contributed by atoms with Crippen LogP contribution in [0.5, 0.6) is 0 Å². The van der Waals surface area contributed by atoms with E-state index in [0.717, 1.165) is 28.7 Å². The summed E-state index contributed by atoms with van der Waals surface area (Å²) >= 11 is 3.38. The predicted octanol–water partition coefficient (Wildman–Crippen LogP) is 5.55. The Morgan fingerprint density at radius 2 is 1.60 bits per heavy atom. The van der Waals surface area contributed by atoms with Gasteiger partial charge < -0.3 is 15.2 Å². The second-order valence-electron chi connectivity index (χ2n) is 8.84. The van der Waals surface area contributed by atoms with E-state index in [1.807, 2.05) is 36.4 Å². The Morgan fingerprint density at radius 3 is 2.17 bits per heavy atom. The molecule has 2 amide bonds. The molecule has 7 nitrogen and oxygen atoms in total. The van der Waals surface area contributed by atoms with E-state index in [1.165, 1.54) is 6.07 Å². The number of carbonyl (C=O) groups excluding carboxylic acids is 2. The first-order valence-electron chi connectivity index (χ1n) is 11.4. The van der Waals surface area contributed by atoms with Gasteiger partial charge in [-0.1, -0.05) is 48.5 Å². The largest absolute Gasteiger partial charge is 0.480 e. The highest BCUT2D eigenvalue weighted by Crippen LogP contribution is 2.44. The van der Waals surface area contributed by atoms with Crippen molar-refractivity contribution >= 4 is 39.6 Å². The number of benzene rings is 3. The van der Waals surface area contributed by atoms with Crippen LogP contribution in [-0.4, -0.2) is 35.2 Å². The van der Waals surface area contributed by atoms with Crippen LogP contribution in [0.3, 0.4) is 0 Å². The zero-order valence-corrected chi connectivity index (χ0v) is 20.3. The molecule has 3 aromatic carbocycles. The topological polar surface area (TPSA) is 105 Å². The summed E-state index contributed by atoms with van der Waals surface area (Å²) in [5, 5.41) is 14.8. The van der Waals surface area contributed by atoms with Crippen LogP contribution < -0.4 is 10.6 Å². The van der Waals surface area contributed by atoms with Crippen molar-refractivity contribution in [3.05, 3.63) is 87.9 Å². The number of rotatable bonds is 6. The number of carboxylic acid groups (broad SMARTS) is 1. The lowest BCUT2D eigenvalue weighted by Crippen LogP contribution is -2.59. The maximum atomic E-state index is 12.7. The van der Waals surface area contributed by atoms with E-state index < -0.39 is 23.5 Å². The fraction of sp³-hybridized carbons (Fsp3) is 0.222. The summed E-state index contributed by atoms with van der Waals surface area (Å²) in [7, 11) is 0. The summed E-state index contributed by atoms with van der Waals surface area (Å²) in [6.45, 7) is 0.165. The van der Waals surface area contributed by atoms with Gasteiger partial charge >= 0.3 is 12.1 Å². The van der Waals surface area contributed by atoms with Gasteiger partial charge in [-0.15, -0.1) is 0 Å². The van der Waals surface area contributed by atoms with Crippen molar-refractivity contribution in [2.45, 2.75) is 30.7 Å². The highest BCUT2D eigenvalue weighted by atomic mass is 79.9. The maximum Gasteiger partial charge on any atom is 0.411 e. The van der Waals surface area contributed by atoms with Crippen molar-refractivity contribution in [3.63, 3.8) is 0 Å². The van der Waals surface area contributed by atoms with E-state index in [1.54, 1.807) is 12.1 Å². The SMILES string of the molecule is O=C(Nc1cc(C(=O)NC2(C(=O)O)CCC2)ccc1Br)OCC1c2ccccc2-c2ccccc21. The standard InChI is InChI=1S/C27H23BrN2O5/c28-22-11-10-16(24(31)30-27(25(32)33)12-5-13-27)14-23(22)29-26(34)35-15-21-19-8-3-1-6-17(19)18-7-2-4-9-20(18)21/h1-4,6-11,14,21H,5,12-13,15H2,(H,29,34)(H,30,31)(H,32,33). The number of ether oxygens (including phenoxy) is 1. The van der Waals surface area contributed by atoms with Gasteiger partial charge in [0.2, 0.25) is 0 Å². The quantitative estimate of drug-likeness (QED) is 0.384. The minimum Gasteiger partial charge on any atom is -0.480 e. The molecule has 2 aliphatic rings. The number of anilines is 1. The molecular formula is C27H23BrN2O5. The third-order valence-corrected chi connectivity index (χ3v) is 7.47. The number of carboxylic acids is 1. The van der Waals surface area contributed by atoms with Crippen molar-refractivity contribution in [1.29, 1.82) is 0 Å². The minimum absolute atomic E-state index is 0.0663. The van der Waals surface area contributed by atoms with Crippen LogP contribution in [-0.2, 0) is 9.53 Å². The van der Waals surface area contributed by atoms with E-state index in [-0.39, 0.29) is 18.1 Å². The maximum absolute atomic E-state index is 12.7. The average Bonchev–Trinajstić information content (AvgIpc) is 3.15. The van der Waals surface area contributed by atoms with E-state index in [4.69, 9.17) is 4.74 Å². The Hall–Kier alpha value is -3.65. The first-order valence-corrected chi connectivity index (χ1v) is 12.1. The van der Waals surface area contributed by atoms with E-state index in [9.17, 15) is 19.5 Å². The first kappa shape index (κ1) is 23.1. The van der Waals surface area contributed by atoms with Crippen LogP contribution in [0.15, 0.2) is 71.2 Å². The second-order valence-corrected chi connectivity index (χ2v) is 9.69. The lowest BCUT2D eigenvalue weighted by Gasteiger charge is -2.38. The summed E-state index contributed by atoms with van der Waals surface area (Å²) in [6.07, 6.45) is 0.901. The summed E-state index contributed by atoms with van der Waals surface area (Å²) in [5.74, 6) is -1.61. The number of hydrogen-bond donors (Lipinski definition) is 3. The van der Waals surface area contributed by atoms with Crippen LogP contribution in [0.4, 0.5) is 10.5 Å². The summed E-state index contributed by atoms with van der Waals surface area (Å²) < 4.78 is 6.16. The Kier molecular flexibility index (Phi) is 6.06. The lowest BCUT2D eigenvalue weighted by atomic mass is 9.76. The van der Waals surface area contributed by atoms with Gasteiger partial charge in [-0.2, -0.15) is 0 Å². The molecule has 3 N–H and O–H groups in total. The number of carbonyl (C=O) groups is 3. The normalized spacial score (nSPS) is 15.3. The molecule has 0 spiro atoms. The Bertz CT molecular complexity index is 1290. The number of halogens is 1. The molecule has 178 valence electrons. The Labute approximate surface area is 210 Å². The van der Waals surface area contributed by atoms with Gasteiger partial charge in [-0.05, 0) is 75.6 Å². The van der Waals surface area contributed by atoms with Crippen LogP contribution in [0.1, 0.15) is 46.7 Å². The van der Waals surface area contributed by atoms with E-state index in [2.05, 4.69) is 38.7 Å². The molecule has 0 unspecified atom stereocenters.